The molecular formula is C18H21ClN4O2S. The van der Waals surface area contributed by atoms with E-state index >= 15 is 0 Å². The molecule has 0 bridgehead atoms. The molecule has 0 aromatic carbocycles. The highest BCUT2D eigenvalue weighted by molar-refractivity contribution is 7.22. The second-order valence-electron chi connectivity index (χ2n) is 7.79. The van der Waals surface area contributed by atoms with E-state index < -0.39 is 11.2 Å². The maximum atomic E-state index is 6.17. The molecule has 0 saturated heterocycles. The fraction of sp³-hybridized carbons (Fsp3) is 0.444. The van der Waals surface area contributed by atoms with Crippen LogP contribution in [-0.2, 0) is 0 Å². The lowest BCUT2D eigenvalue weighted by atomic mass is 10.2. The summed E-state index contributed by atoms with van der Waals surface area (Å²) in [5.41, 5.74) is -0.0578. The van der Waals surface area contributed by atoms with Crippen molar-refractivity contribution in [3.63, 3.8) is 0 Å². The van der Waals surface area contributed by atoms with Crippen LogP contribution in [0.2, 0.25) is 5.15 Å². The zero-order chi connectivity index (χ0) is 19.1. The van der Waals surface area contributed by atoms with Crippen molar-refractivity contribution in [1.82, 2.24) is 19.9 Å². The van der Waals surface area contributed by atoms with E-state index in [9.17, 15) is 0 Å². The van der Waals surface area contributed by atoms with Crippen molar-refractivity contribution in [2.45, 2.75) is 52.7 Å². The zero-order valence-electron chi connectivity index (χ0n) is 15.6. The van der Waals surface area contributed by atoms with Crippen LogP contribution in [0.3, 0.4) is 0 Å². The number of ether oxygens (including phenoxy) is 2. The highest BCUT2D eigenvalue weighted by atomic mass is 35.5. The molecule has 0 aliphatic carbocycles. The van der Waals surface area contributed by atoms with Crippen LogP contribution < -0.4 is 9.47 Å². The number of rotatable bonds is 3. The lowest BCUT2D eigenvalue weighted by molar-refractivity contribution is 0.103. The fourth-order valence-corrected chi connectivity index (χ4v) is 3.41. The molecule has 26 heavy (non-hydrogen) atoms. The van der Waals surface area contributed by atoms with Crippen LogP contribution in [-0.4, -0.2) is 31.1 Å². The van der Waals surface area contributed by atoms with Crippen molar-refractivity contribution >= 4 is 33.2 Å². The first-order valence-corrected chi connectivity index (χ1v) is 9.37. The van der Waals surface area contributed by atoms with Crippen LogP contribution in [0.1, 0.15) is 41.5 Å². The van der Waals surface area contributed by atoms with Crippen LogP contribution in [0, 0.1) is 0 Å². The smallest absolute Gasteiger partial charge is 0.320 e. The van der Waals surface area contributed by atoms with Crippen molar-refractivity contribution in [2.75, 3.05) is 0 Å². The quantitative estimate of drug-likeness (QED) is 0.573. The van der Waals surface area contributed by atoms with Gasteiger partial charge in [-0.2, -0.15) is 4.98 Å². The lowest BCUT2D eigenvalue weighted by Gasteiger charge is -2.23. The molecule has 3 aromatic rings. The van der Waals surface area contributed by atoms with E-state index in [1.807, 2.05) is 47.6 Å². The van der Waals surface area contributed by atoms with E-state index in [4.69, 9.17) is 21.1 Å². The molecule has 0 aliphatic rings. The summed E-state index contributed by atoms with van der Waals surface area (Å²) < 4.78 is 11.9. The summed E-state index contributed by atoms with van der Waals surface area (Å²) in [6.07, 6.45) is 3.16. The van der Waals surface area contributed by atoms with Crippen LogP contribution in [0.25, 0.3) is 20.7 Å². The molecule has 0 radical (unpaired) electrons. The number of hydrogen-bond acceptors (Lipinski definition) is 7. The van der Waals surface area contributed by atoms with Gasteiger partial charge in [0.05, 0.1) is 5.56 Å². The van der Waals surface area contributed by atoms with Gasteiger partial charge < -0.3 is 9.47 Å². The Hall–Kier alpha value is -1.99. The van der Waals surface area contributed by atoms with Crippen molar-refractivity contribution in [3.8, 4) is 22.3 Å². The maximum absolute atomic E-state index is 6.17. The number of aromatic nitrogens is 4. The summed E-state index contributed by atoms with van der Waals surface area (Å²) in [5.74, 6) is 0.461. The van der Waals surface area contributed by atoms with Crippen molar-refractivity contribution < 1.29 is 9.47 Å². The van der Waals surface area contributed by atoms with Gasteiger partial charge in [-0.05, 0) is 47.6 Å². The third kappa shape index (κ3) is 4.40. The Labute approximate surface area is 161 Å². The summed E-state index contributed by atoms with van der Waals surface area (Å²) in [4.78, 5) is 18.9. The number of thiophene rings is 1. The summed E-state index contributed by atoms with van der Waals surface area (Å²) >= 11 is 7.66. The SMILES string of the molecule is CC(C)(C)Oc1ncc(-c2cc3c(Cl)ncnc3s2)c(OC(C)(C)C)n1. The highest BCUT2D eigenvalue weighted by Crippen LogP contribution is 2.39. The van der Waals surface area contributed by atoms with Gasteiger partial charge in [0.25, 0.3) is 0 Å². The second-order valence-corrected chi connectivity index (χ2v) is 9.18. The number of nitrogens with zero attached hydrogens (tertiary/aromatic N) is 4. The van der Waals surface area contributed by atoms with Crippen LogP contribution in [0.4, 0.5) is 0 Å². The molecule has 0 atom stereocenters. The van der Waals surface area contributed by atoms with Crippen molar-refractivity contribution in [2.24, 2.45) is 0 Å². The Morgan fingerprint density at radius 3 is 2.27 bits per heavy atom. The Morgan fingerprint density at radius 2 is 1.65 bits per heavy atom. The molecule has 3 rings (SSSR count). The molecule has 3 heterocycles. The van der Waals surface area contributed by atoms with Crippen molar-refractivity contribution in [3.05, 3.63) is 23.7 Å². The second kappa shape index (κ2) is 6.63. The van der Waals surface area contributed by atoms with E-state index in [2.05, 4.69) is 19.9 Å². The molecule has 0 amide bonds. The Bertz CT molecular complexity index is 944. The minimum Gasteiger partial charge on any atom is -0.471 e. The van der Waals surface area contributed by atoms with Gasteiger partial charge in [0.15, 0.2) is 0 Å². The van der Waals surface area contributed by atoms with Crippen molar-refractivity contribution in [1.29, 1.82) is 0 Å². The van der Waals surface area contributed by atoms with Gasteiger partial charge in [-0.15, -0.1) is 11.3 Å². The van der Waals surface area contributed by atoms with Crippen LogP contribution in [0.5, 0.6) is 11.9 Å². The van der Waals surface area contributed by atoms with Gasteiger partial charge in [0.1, 0.15) is 27.5 Å². The van der Waals surface area contributed by atoms with E-state index in [-0.39, 0.29) is 6.01 Å². The van der Waals surface area contributed by atoms with E-state index in [1.54, 1.807) is 6.20 Å². The van der Waals surface area contributed by atoms with E-state index in [0.717, 1.165) is 20.7 Å². The average Bonchev–Trinajstić information content (AvgIpc) is 2.89. The normalized spacial score (nSPS) is 12.4. The molecule has 0 fully saturated rings. The molecule has 8 heteroatoms. The summed E-state index contributed by atoms with van der Waals surface area (Å²) in [6.45, 7) is 11.7. The molecule has 6 nitrogen and oxygen atoms in total. The average molecular weight is 393 g/mol. The number of fused-ring (bicyclic) bond motifs is 1. The molecule has 3 aromatic heterocycles. The molecule has 0 saturated carbocycles. The Balaban J connectivity index is 2.10. The van der Waals surface area contributed by atoms with Gasteiger partial charge in [0.2, 0.25) is 5.88 Å². The number of halogens is 1. The third-order valence-corrected chi connectivity index (χ3v) is 4.46. The van der Waals surface area contributed by atoms with E-state index in [0.29, 0.717) is 11.0 Å². The minimum atomic E-state index is -0.420. The molecule has 0 unspecified atom stereocenters. The summed E-state index contributed by atoms with van der Waals surface area (Å²) in [5, 5.41) is 1.22. The molecule has 0 N–H and O–H groups in total. The third-order valence-electron chi connectivity index (χ3n) is 3.08. The zero-order valence-corrected chi connectivity index (χ0v) is 17.2. The first-order valence-electron chi connectivity index (χ1n) is 8.17. The minimum absolute atomic E-state index is 0.277. The van der Waals surface area contributed by atoms with Gasteiger partial charge in [-0.3, -0.25) is 0 Å². The summed E-state index contributed by atoms with van der Waals surface area (Å²) in [7, 11) is 0. The van der Waals surface area contributed by atoms with Crippen LogP contribution in [0.15, 0.2) is 18.6 Å². The standard InChI is InChI=1S/C18H21ClN4O2S/c1-17(2,3)24-14-11(8-20-16(23-14)25-18(4,5)6)12-7-10-13(19)21-9-22-15(10)26-12/h7-9H,1-6H3. The predicted molar refractivity (Wildman–Crippen MR) is 104 cm³/mol. The fourth-order valence-electron chi connectivity index (χ4n) is 2.17. The van der Waals surface area contributed by atoms with Gasteiger partial charge in [0, 0.05) is 16.5 Å². The van der Waals surface area contributed by atoms with Crippen LogP contribution >= 0.6 is 22.9 Å². The first-order chi connectivity index (χ1) is 12.0. The van der Waals surface area contributed by atoms with Gasteiger partial charge in [-0.1, -0.05) is 11.6 Å². The summed E-state index contributed by atoms with van der Waals surface area (Å²) in [6, 6.07) is 2.21. The lowest BCUT2D eigenvalue weighted by Crippen LogP contribution is -2.26. The topological polar surface area (TPSA) is 70.0 Å². The maximum Gasteiger partial charge on any atom is 0.320 e. The van der Waals surface area contributed by atoms with E-state index in [1.165, 1.54) is 17.7 Å². The molecular weight excluding hydrogens is 372 g/mol. The predicted octanol–water partition coefficient (Wildman–Crippen LogP) is 5.16. The van der Waals surface area contributed by atoms with Gasteiger partial charge >= 0.3 is 6.01 Å². The Morgan fingerprint density at radius 1 is 0.962 bits per heavy atom. The number of hydrogen-bond donors (Lipinski definition) is 0. The molecule has 138 valence electrons. The largest absolute Gasteiger partial charge is 0.471 e. The highest BCUT2D eigenvalue weighted by Gasteiger charge is 2.22. The van der Waals surface area contributed by atoms with Gasteiger partial charge in [-0.25, -0.2) is 15.0 Å². The molecule has 0 spiro atoms. The Kier molecular flexibility index (Phi) is 4.79. The first kappa shape index (κ1) is 18.8. The monoisotopic (exact) mass is 392 g/mol. The molecule has 0 aliphatic heterocycles.